The molecule has 0 radical (unpaired) electrons. The van der Waals surface area contributed by atoms with Crippen molar-refractivity contribution < 1.29 is 14.0 Å². The van der Waals surface area contributed by atoms with Crippen molar-refractivity contribution in [2.45, 2.75) is 39.5 Å². The van der Waals surface area contributed by atoms with Crippen LogP contribution in [-0.2, 0) is 12.8 Å². The van der Waals surface area contributed by atoms with Crippen LogP contribution in [-0.4, -0.2) is 5.21 Å². The van der Waals surface area contributed by atoms with Crippen LogP contribution in [0.15, 0.2) is 26.3 Å². The molecule has 0 unspecified atom stereocenters. The molecule has 1 aliphatic carbocycles. The zero-order valence-electron chi connectivity index (χ0n) is 12.2. The second-order valence-corrected chi connectivity index (χ2v) is 5.86. The topological polar surface area (TPSA) is 58.9 Å². The largest absolute Gasteiger partial charge is 0.463 e. The van der Waals surface area contributed by atoms with Gasteiger partial charge in [-0.1, -0.05) is 0 Å². The molecule has 0 atom stereocenters. The maximum atomic E-state index is 9.25. The first-order valence-electron chi connectivity index (χ1n) is 7.34. The molecule has 4 heteroatoms. The molecule has 21 heavy (non-hydrogen) atoms. The summed E-state index contributed by atoms with van der Waals surface area (Å²) in [5.74, 6) is 0. The Balaban J connectivity index is 2.28. The number of hydrogen-bond acceptors (Lipinski definition) is 4. The molecule has 0 spiro atoms. The predicted molar refractivity (Wildman–Crippen MR) is 79.5 cm³/mol. The van der Waals surface area contributed by atoms with Gasteiger partial charge in [-0.3, -0.25) is 0 Å². The van der Waals surface area contributed by atoms with E-state index >= 15 is 0 Å². The Hall–Kier alpha value is -2.23. The number of nitrogens with zero attached hydrogens (tertiary/aromatic N) is 1. The molecule has 1 aliphatic rings. The average Bonchev–Trinajstić information content (AvgIpc) is 2.88. The van der Waals surface area contributed by atoms with Crippen LogP contribution in [0, 0.1) is 13.8 Å². The minimum Gasteiger partial charge on any atom is -0.463 e. The van der Waals surface area contributed by atoms with Gasteiger partial charge in [-0.25, -0.2) is 0 Å². The van der Waals surface area contributed by atoms with E-state index in [0.29, 0.717) is 5.55 Å². The molecule has 2 aromatic heterocycles. The summed E-state index contributed by atoms with van der Waals surface area (Å²) in [4.78, 5) is 0. The first-order chi connectivity index (χ1) is 10.2. The van der Waals surface area contributed by atoms with Crippen molar-refractivity contribution in [2.75, 3.05) is 0 Å². The van der Waals surface area contributed by atoms with Crippen molar-refractivity contribution in [3.63, 3.8) is 0 Å². The summed E-state index contributed by atoms with van der Waals surface area (Å²) in [6.45, 7) is 4.11. The predicted octanol–water partition coefficient (Wildman–Crippen LogP) is 3.96. The van der Waals surface area contributed by atoms with Crippen molar-refractivity contribution in [3.8, 4) is 0 Å². The van der Waals surface area contributed by atoms with Crippen LogP contribution >= 0.6 is 0 Å². The Bertz CT molecular complexity index is 931. The maximum Gasteiger partial charge on any atom is 0.259 e. The van der Waals surface area contributed by atoms with Crippen molar-refractivity contribution >= 4 is 21.9 Å². The zero-order chi connectivity index (χ0) is 14.6. The molecular formula is C17H17NO3. The van der Waals surface area contributed by atoms with Gasteiger partial charge in [-0.05, 0) is 67.4 Å². The van der Waals surface area contributed by atoms with Crippen LogP contribution < -0.4 is 5.55 Å². The number of benzene rings is 1. The van der Waals surface area contributed by atoms with Crippen LogP contribution in [0.2, 0.25) is 0 Å². The first kappa shape index (κ1) is 12.5. The molecule has 0 fully saturated rings. The van der Waals surface area contributed by atoms with E-state index in [-0.39, 0.29) is 0 Å². The molecule has 4 nitrogen and oxygen atoms in total. The highest BCUT2D eigenvalue weighted by Gasteiger charge is 2.21. The lowest BCUT2D eigenvalue weighted by atomic mass is 9.89. The third kappa shape index (κ3) is 1.65. The van der Waals surface area contributed by atoms with Crippen molar-refractivity contribution in [1.82, 2.24) is 0 Å². The smallest absolute Gasteiger partial charge is 0.259 e. The first-order valence-corrected chi connectivity index (χ1v) is 7.34. The maximum absolute atomic E-state index is 9.25. The van der Waals surface area contributed by atoms with E-state index in [0.717, 1.165) is 58.9 Å². The Morgan fingerprint density at radius 1 is 1.05 bits per heavy atom. The average molecular weight is 283 g/mol. The van der Waals surface area contributed by atoms with Crippen LogP contribution in [0.25, 0.3) is 21.9 Å². The molecule has 0 saturated heterocycles. The molecule has 0 amide bonds. The van der Waals surface area contributed by atoms with Gasteiger partial charge in [0, 0.05) is 10.9 Å². The number of hydrogen-bond donors (Lipinski definition) is 1. The Labute approximate surface area is 121 Å². The minimum absolute atomic E-state index is 0.347. The van der Waals surface area contributed by atoms with E-state index in [4.69, 9.17) is 8.83 Å². The number of furan rings is 1. The van der Waals surface area contributed by atoms with E-state index in [9.17, 15) is 5.21 Å². The van der Waals surface area contributed by atoms with Gasteiger partial charge in [0.05, 0.1) is 11.6 Å². The number of rotatable bonds is 0. The minimum atomic E-state index is 0.347. The molecule has 4 rings (SSSR count). The molecule has 1 N–H and O–H groups in total. The highest BCUT2D eigenvalue weighted by atomic mass is 16.5. The third-order valence-corrected chi connectivity index (χ3v) is 4.52. The summed E-state index contributed by atoms with van der Waals surface area (Å²) in [6.07, 6.45) is 5.91. The van der Waals surface area contributed by atoms with Crippen molar-refractivity contribution in [1.29, 1.82) is 0 Å². The van der Waals surface area contributed by atoms with E-state index in [1.165, 1.54) is 10.9 Å². The van der Waals surface area contributed by atoms with Gasteiger partial charge >= 0.3 is 0 Å². The fourth-order valence-electron chi connectivity index (χ4n) is 3.60. The van der Waals surface area contributed by atoms with Crippen LogP contribution in [0.1, 0.15) is 35.1 Å². The summed E-state index contributed by atoms with van der Waals surface area (Å²) < 4.78 is 11.7. The highest BCUT2D eigenvalue weighted by Crippen LogP contribution is 2.36. The molecular weight excluding hydrogens is 266 g/mol. The lowest BCUT2D eigenvalue weighted by Gasteiger charge is -2.17. The second kappa shape index (κ2) is 4.38. The van der Waals surface area contributed by atoms with Gasteiger partial charge in [0.2, 0.25) is 0 Å². The molecule has 1 aromatic carbocycles. The van der Waals surface area contributed by atoms with E-state index < -0.39 is 0 Å². The Morgan fingerprint density at radius 3 is 2.57 bits per heavy atom. The van der Waals surface area contributed by atoms with Crippen LogP contribution in [0.5, 0.6) is 0 Å². The molecule has 0 aliphatic heterocycles. The number of fused-ring (bicyclic) bond motifs is 5. The van der Waals surface area contributed by atoms with Gasteiger partial charge < -0.3 is 14.0 Å². The Kier molecular flexibility index (Phi) is 2.61. The SMILES string of the molecule is Cc1coc2c1c(C)cc1o/c(=N/O)c3c(c12)CCCC3. The summed E-state index contributed by atoms with van der Waals surface area (Å²) in [5, 5.41) is 14.8. The standard InChI is InChI=1S/C17H17NO3/c1-9-7-13-15(16-14(9)10(2)8-20-16)11-5-3-4-6-12(11)17(18-19)21-13/h7-8,19H,3-6H2,1-2H3/b18-17+. The second-order valence-electron chi connectivity index (χ2n) is 5.86. The van der Waals surface area contributed by atoms with Crippen LogP contribution in [0.3, 0.4) is 0 Å². The summed E-state index contributed by atoms with van der Waals surface area (Å²) in [6, 6.07) is 2.02. The molecule has 0 bridgehead atoms. The summed E-state index contributed by atoms with van der Waals surface area (Å²) >= 11 is 0. The van der Waals surface area contributed by atoms with Gasteiger partial charge in [-0.15, -0.1) is 0 Å². The zero-order valence-corrected chi connectivity index (χ0v) is 12.2. The molecule has 3 aromatic rings. The fourth-order valence-corrected chi connectivity index (χ4v) is 3.60. The lowest BCUT2D eigenvalue weighted by Crippen LogP contribution is -2.17. The van der Waals surface area contributed by atoms with Crippen molar-refractivity contribution in [3.05, 3.63) is 40.1 Å². The van der Waals surface area contributed by atoms with Gasteiger partial charge in [-0.2, -0.15) is 0 Å². The molecule has 108 valence electrons. The van der Waals surface area contributed by atoms with E-state index in [1.54, 1.807) is 6.26 Å². The quantitative estimate of drug-likeness (QED) is 0.501. The summed E-state index contributed by atoms with van der Waals surface area (Å²) in [7, 11) is 0. The summed E-state index contributed by atoms with van der Waals surface area (Å²) in [5.41, 5.74) is 6.48. The lowest BCUT2D eigenvalue weighted by molar-refractivity contribution is 0.274. The van der Waals surface area contributed by atoms with E-state index in [2.05, 4.69) is 19.0 Å². The monoisotopic (exact) mass is 283 g/mol. The van der Waals surface area contributed by atoms with E-state index in [1.807, 2.05) is 6.07 Å². The third-order valence-electron chi connectivity index (χ3n) is 4.52. The fraction of sp³-hybridized carbons (Fsp3) is 0.353. The van der Waals surface area contributed by atoms with Crippen LogP contribution in [0.4, 0.5) is 0 Å². The normalized spacial score (nSPS) is 15.8. The van der Waals surface area contributed by atoms with Gasteiger partial charge in [0.25, 0.3) is 5.55 Å². The van der Waals surface area contributed by atoms with Gasteiger partial charge in [0.1, 0.15) is 11.2 Å². The van der Waals surface area contributed by atoms with Crippen molar-refractivity contribution in [2.24, 2.45) is 5.16 Å². The number of aryl methyl sites for hydroxylation is 3. The highest BCUT2D eigenvalue weighted by molar-refractivity contribution is 6.06. The Morgan fingerprint density at radius 2 is 1.81 bits per heavy atom. The molecule has 0 saturated carbocycles. The molecule has 2 heterocycles. The van der Waals surface area contributed by atoms with Gasteiger partial charge in [0.15, 0.2) is 0 Å².